The standard InChI is InChI=1S/C14H18IN3O3/c15-10-5-4-9(8-11(10)19)12(20)17-14(13(16)18-21)6-2-1-3-7-14/h4-5,8,19,21H,1-3,6-7H2,(H2,16,18)(H,17,20). The van der Waals surface area contributed by atoms with Gasteiger partial charge in [-0.1, -0.05) is 24.4 Å². The van der Waals surface area contributed by atoms with Crippen molar-refractivity contribution in [3.8, 4) is 5.75 Å². The van der Waals surface area contributed by atoms with Crippen LogP contribution in [0.3, 0.4) is 0 Å². The highest BCUT2D eigenvalue weighted by atomic mass is 127. The van der Waals surface area contributed by atoms with E-state index in [1.165, 1.54) is 6.07 Å². The van der Waals surface area contributed by atoms with Crippen molar-refractivity contribution in [2.24, 2.45) is 10.9 Å². The highest BCUT2D eigenvalue weighted by Gasteiger charge is 2.38. The van der Waals surface area contributed by atoms with Crippen molar-refractivity contribution in [2.45, 2.75) is 37.6 Å². The van der Waals surface area contributed by atoms with E-state index < -0.39 is 5.54 Å². The minimum Gasteiger partial charge on any atom is -0.507 e. The molecule has 0 bridgehead atoms. The van der Waals surface area contributed by atoms with Gasteiger partial charge < -0.3 is 21.4 Å². The summed E-state index contributed by atoms with van der Waals surface area (Å²) in [5, 5.41) is 24.7. The van der Waals surface area contributed by atoms with Crippen LogP contribution in [0.1, 0.15) is 42.5 Å². The van der Waals surface area contributed by atoms with E-state index in [1.807, 2.05) is 22.6 Å². The largest absolute Gasteiger partial charge is 0.507 e. The van der Waals surface area contributed by atoms with E-state index in [4.69, 9.17) is 10.9 Å². The smallest absolute Gasteiger partial charge is 0.252 e. The number of oxime groups is 1. The second kappa shape index (κ2) is 6.50. The third-order valence-corrected chi connectivity index (χ3v) is 4.78. The molecule has 1 aromatic rings. The molecule has 0 saturated heterocycles. The Balaban J connectivity index is 2.23. The Hall–Kier alpha value is -1.51. The second-order valence-corrected chi connectivity index (χ2v) is 6.41. The quantitative estimate of drug-likeness (QED) is 0.204. The average Bonchev–Trinajstić information content (AvgIpc) is 2.50. The van der Waals surface area contributed by atoms with Crippen molar-refractivity contribution in [1.29, 1.82) is 0 Å². The van der Waals surface area contributed by atoms with E-state index in [1.54, 1.807) is 12.1 Å². The van der Waals surface area contributed by atoms with Crippen LogP contribution in [0.5, 0.6) is 5.75 Å². The average molecular weight is 403 g/mol. The number of amides is 1. The Morgan fingerprint density at radius 1 is 1.33 bits per heavy atom. The Morgan fingerprint density at radius 2 is 2.00 bits per heavy atom. The van der Waals surface area contributed by atoms with Crippen molar-refractivity contribution < 1.29 is 15.1 Å². The Labute approximate surface area is 136 Å². The van der Waals surface area contributed by atoms with Crippen molar-refractivity contribution >= 4 is 34.3 Å². The van der Waals surface area contributed by atoms with Gasteiger partial charge in [0.25, 0.3) is 5.91 Å². The highest BCUT2D eigenvalue weighted by molar-refractivity contribution is 14.1. The lowest BCUT2D eigenvalue weighted by atomic mass is 9.80. The highest BCUT2D eigenvalue weighted by Crippen LogP contribution is 2.29. The van der Waals surface area contributed by atoms with Crippen molar-refractivity contribution in [3.05, 3.63) is 27.3 Å². The molecular formula is C14H18IN3O3. The van der Waals surface area contributed by atoms with E-state index in [9.17, 15) is 9.90 Å². The summed E-state index contributed by atoms with van der Waals surface area (Å²) in [7, 11) is 0. The molecule has 1 aliphatic rings. The summed E-state index contributed by atoms with van der Waals surface area (Å²) in [5.41, 5.74) is 5.35. The zero-order valence-electron chi connectivity index (χ0n) is 11.5. The molecule has 5 N–H and O–H groups in total. The first-order valence-corrected chi connectivity index (χ1v) is 7.85. The number of phenolic OH excluding ortho intramolecular Hbond substituents is 1. The number of phenols is 1. The van der Waals surface area contributed by atoms with Gasteiger partial charge in [-0.25, -0.2) is 0 Å². The number of carbonyl (C=O) groups excluding carboxylic acids is 1. The minimum absolute atomic E-state index is 0.0327. The van der Waals surface area contributed by atoms with Crippen LogP contribution in [0.25, 0.3) is 0 Å². The molecule has 6 nitrogen and oxygen atoms in total. The Bertz CT molecular complexity index is 569. The van der Waals surface area contributed by atoms with Crippen molar-refractivity contribution in [2.75, 3.05) is 0 Å². The Morgan fingerprint density at radius 3 is 2.57 bits per heavy atom. The van der Waals surface area contributed by atoms with Crippen LogP contribution in [0.4, 0.5) is 0 Å². The molecule has 1 fully saturated rings. The van der Waals surface area contributed by atoms with Gasteiger partial charge in [-0.2, -0.15) is 0 Å². The van der Waals surface area contributed by atoms with E-state index in [2.05, 4.69) is 10.5 Å². The van der Waals surface area contributed by atoms with Crippen LogP contribution in [-0.4, -0.2) is 27.6 Å². The van der Waals surface area contributed by atoms with Gasteiger partial charge >= 0.3 is 0 Å². The van der Waals surface area contributed by atoms with Gasteiger partial charge in [0.15, 0.2) is 5.84 Å². The third kappa shape index (κ3) is 3.39. The van der Waals surface area contributed by atoms with Gasteiger partial charge in [-0.05, 0) is 53.6 Å². The number of nitrogens with one attached hydrogen (secondary N) is 1. The van der Waals surface area contributed by atoms with Gasteiger partial charge in [0.05, 0.1) is 3.57 Å². The van der Waals surface area contributed by atoms with Crippen molar-refractivity contribution in [1.82, 2.24) is 5.32 Å². The number of amidine groups is 1. The summed E-state index contributed by atoms with van der Waals surface area (Å²) in [5.74, 6) is -0.245. The van der Waals surface area contributed by atoms with E-state index in [0.29, 0.717) is 22.0 Å². The molecule has 0 radical (unpaired) electrons. The number of rotatable bonds is 3. The third-order valence-electron chi connectivity index (χ3n) is 3.87. The number of nitrogens with zero attached hydrogens (tertiary/aromatic N) is 1. The van der Waals surface area contributed by atoms with Crippen LogP contribution in [-0.2, 0) is 0 Å². The Kier molecular flexibility index (Phi) is 4.92. The summed E-state index contributed by atoms with van der Waals surface area (Å²) >= 11 is 1.99. The van der Waals surface area contributed by atoms with Gasteiger partial charge in [0.1, 0.15) is 11.3 Å². The molecule has 21 heavy (non-hydrogen) atoms. The topological polar surface area (TPSA) is 108 Å². The van der Waals surface area contributed by atoms with Crippen LogP contribution in [0.2, 0.25) is 0 Å². The molecule has 7 heteroatoms. The predicted octanol–water partition coefficient (Wildman–Crippen LogP) is 2.18. The molecular weight excluding hydrogens is 385 g/mol. The van der Waals surface area contributed by atoms with Crippen LogP contribution >= 0.6 is 22.6 Å². The SMILES string of the molecule is N/C(=N/O)C1(NC(=O)c2ccc(I)c(O)c2)CCCCC1. The van der Waals surface area contributed by atoms with Gasteiger partial charge in [0, 0.05) is 5.56 Å². The van der Waals surface area contributed by atoms with Gasteiger partial charge in [-0.15, -0.1) is 0 Å². The molecule has 0 aliphatic heterocycles. The summed E-state index contributed by atoms with van der Waals surface area (Å²) in [4.78, 5) is 12.4. The molecule has 1 amide bonds. The van der Waals surface area contributed by atoms with Crippen molar-refractivity contribution in [3.63, 3.8) is 0 Å². The molecule has 1 aromatic carbocycles. The zero-order valence-corrected chi connectivity index (χ0v) is 13.6. The molecule has 114 valence electrons. The summed E-state index contributed by atoms with van der Waals surface area (Å²) < 4.78 is 0.674. The maximum absolute atomic E-state index is 12.4. The maximum atomic E-state index is 12.4. The number of benzene rings is 1. The monoisotopic (exact) mass is 403 g/mol. The summed E-state index contributed by atoms with van der Waals surface area (Å²) in [6.07, 6.45) is 4.18. The first kappa shape index (κ1) is 15.9. The fourth-order valence-electron chi connectivity index (χ4n) is 2.64. The van der Waals surface area contributed by atoms with E-state index in [0.717, 1.165) is 19.3 Å². The molecule has 1 saturated carbocycles. The maximum Gasteiger partial charge on any atom is 0.252 e. The normalized spacial score (nSPS) is 18.2. The molecule has 2 rings (SSSR count). The fourth-order valence-corrected chi connectivity index (χ4v) is 2.98. The van der Waals surface area contributed by atoms with Crippen LogP contribution < -0.4 is 11.1 Å². The number of halogens is 1. The number of hydrogen-bond donors (Lipinski definition) is 4. The predicted molar refractivity (Wildman–Crippen MR) is 87.5 cm³/mol. The second-order valence-electron chi connectivity index (χ2n) is 5.25. The summed E-state index contributed by atoms with van der Waals surface area (Å²) in [6.45, 7) is 0. The van der Waals surface area contributed by atoms with Gasteiger partial charge in [-0.3, -0.25) is 4.79 Å². The first-order chi connectivity index (χ1) is 9.98. The van der Waals surface area contributed by atoms with E-state index >= 15 is 0 Å². The first-order valence-electron chi connectivity index (χ1n) is 6.77. The van der Waals surface area contributed by atoms with Gasteiger partial charge in [0.2, 0.25) is 0 Å². The molecule has 0 aromatic heterocycles. The number of hydrogen-bond acceptors (Lipinski definition) is 4. The molecule has 1 aliphatic carbocycles. The zero-order chi connectivity index (χ0) is 15.5. The molecule has 0 spiro atoms. The number of aromatic hydroxyl groups is 1. The lowest BCUT2D eigenvalue weighted by Gasteiger charge is -2.36. The fraction of sp³-hybridized carbons (Fsp3) is 0.429. The summed E-state index contributed by atoms with van der Waals surface area (Å²) in [6, 6.07) is 4.72. The van der Waals surface area contributed by atoms with E-state index in [-0.39, 0.29) is 17.5 Å². The van der Waals surface area contributed by atoms with Crippen LogP contribution in [0, 0.1) is 3.57 Å². The van der Waals surface area contributed by atoms with Crippen LogP contribution in [0.15, 0.2) is 23.4 Å². The number of carbonyl (C=O) groups is 1. The number of nitrogens with two attached hydrogens (primary N) is 1. The lowest BCUT2D eigenvalue weighted by molar-refractivity contribution is 0.0905. The molecule has 0 heterocycles. The lowest BCUT2D eigenvalue weighted by Crippen LogP contribution is -2.58. The molecule has 0 unspecified atom stereocenters. The molecule has 0 atom stereocenters. The minimum atomic E-state index is -0.803.